The van der Waals surface area contributed by atoms with Crippen LogP contribution in [0.5, 0.6) is 0 Å². The van der Waals surface area contributed by atoms with Gasteiger partial charge in [-0.05, 0) is 23.1 Å². The minimum absolute atomic E-state index is 0.206. The first-order chi connectivity index (χ1) is 8.20. The smallest absolute Gasteiger partial charge is 0.127 e. The van der Waals surface area contributed by atoms with E-state index >= 15 is 0 Å². The zero-order chi connectivity index (χ0) is 12.3. The quantitative estimate of drug-likeness (QED) is 0.927. The minimum Gasteiger partial charge on any atom is -0.326 e. The van der Waals surface area contributed by atoms with Crippen molar-refractivity contribution in [3.63, 3.8) is 0 Å². The van der Waals surface area contributed by atoms with Gasteiger partial charge >= 0.3 is 0 Å². The summed E-state index contributed by atoms with van der Waals surface area (Å²) in [4.78, 5) is 0. The maximum Gasteiger partial charge on any atom is 0.127 e. The molecule has 0 saturated heterocycles. The number of nitrogens with two attached hydrogens (primary N) is 1. The summed E-state index contributed by atoms with van der Waals surface area (Å²) >= 11 is 1.42. The number of hydrogen-bond acceptors (Lipinski definition) is 3. The van der Waals surface area contributed by atoms with Crippen molar-refractivity contribution in [2.24, 2.45) is 5.73 Å². The zero-order valence-electron chi connectivity index (χ0n) is 9.06. The third kappa shape index (κ3) is 3.00. The van der Waals surface area contributed by atoms with Crippen molar-refractivity contribution in [1.29, 1.82) is 0 Å². The van der Waals surface area contributed by atoms with Crippen LogP contribution in [0.25, 0.3) is 0 Å². The van der Waals surface area contributed by atoms with Crippen LogP contribution in [-0.4, -0.2) is 4.21 Å². The van der Waals surface area contributed by atoms with Crippen LogP contribution in [0.15, 0.2) is 39.9 Å². The Hall–Kier alpha value is -1.04. The molecule has 0 radical (unpaired) electrons. The van der Waals surface area contributed by atoms with Gasteiger partial charge in [-0.2, -0.15) is 0 Å². The van der Waals surface area contributed by atoms with E-state index in [4.69, 9.17) is 5.73 Å². The Bertz CT molecular complexity index is 525. The lowest BCUT2D eigenvalue weighted by Crippen LogP contribution is -2.01. The van der Waals surface area contributed by atoms with E-state index in [1.807, 2.05) is 11.4 Å². The van der Waals surface area contributed by atoms with Gasteiger partial charge in [0, 0.05) is 12.1 Å². The fourth-order valence-electron chi connectivity index (χ4n) is 1.44. The highest BCUT2D eigenvalue weighted by molar-refractivity contribution is 7.86. The van der Waals surface area contributed by atoms with Gasteiger partial charge < -0.3 is 5.73 Å². The molecule has 5 heteroatoms. The number of thiophene rings is 1. The molecule has 0 saturated carbocycles. The summed E-state index contributed by atoms with van der Waals surface area (Å²) in [5, 5.41) is 1.86. The molecule has 0 bridgehead atoms. The first kappa shape index (κ1) is 12.4. The normalized spacial score (nSPS) is 12.6. The fourth-order valence-corrected chi connectivity index (χ4v) is 3.55. The second-order valence-corrected chi connectivity index (χ2v) is 6.18. The molecule has 0 amide bonds. The van der Waals surface area contributed by atoms with Crippen molar-refractivity contribution in [3.8, 4) is 0 Å². The van der Waals surface area contributed by atoms with E-state index in [1.54, 1.807) is 18.2 Å². The Balaban J connectivity index is 2.16. The molecule has 1 heterocycles. The lowest BCUT2D eigenvalue weighted by molar-refractivity contribution is 0.613. The largest absolute Gasteiger partial charge is 0.326 e. The van der Waals surface area contributed by atoms with Gasteiger partial charge in [0.25, 0.3) is 0 Å². The monoisotopic (exact) mass is 269 g/mol. The van der Waals surface area contributed by atoms with Gasteiger partial charge in [-0.25, -0.2) is 4.39 Å². The standard InChI is InChI=1S/C12H12FNOS2/c13-11-6-9(7-14)3-4-10(11)8-17(15)12-2-1-5-16-12/h1-6H,7-8,14H2. The molecule has 1 unspecified atom stereocenters. The van der Waals surface area contributed by atoms with Crippen molar-refractivity contribution in [2.45, 2.75) is 16.5 Å². The molecule has 0 fully saturated rings. The highest BCUT2D eigenvalue weighted by Gasteiger charge is 2.10. The van der Waals surface area contributed by atoms with Gasteiger partial charge in [-0.15, -0.1) is 11.3 Å². The van der Waals surface area contributed by atoms with E-state index in [9.17, 15) is 8.60 Å². The number of halogens is 1. The molecule has 0 aliphatic heterocycles. The molecule has 1 aromatic carbocycles. The Morgan fingerprint density at radius 1 is 1.35 bits per heavy atom. The number of rotatable bonds is 4. The molecule has 17 heavy (non-hydrogen) atoms. The molecule has 90 valence electrons. The van der Waals surface area contributed by atoms with Gasteiger partial charge in [-0.1, -0.05) is 18.2 Å². The summed E-state index contributed by atoms with van der Waals surface area (Å²) in [5.41, 5.74) is 6.63. The molecule has 2 N–H and O–H groups in total. The molecule has 2 nitrogen and oxygen atoms in total. The van der Waals surface area contributed by atoms with Crippen LogP contribution in [0, 0.1) is 5.82 Å². The van der Waals surface area contributed by atoms with Crippen LogP contribution in [-0.2, 0) is 23.1 Å². The number of hydrogen-bond donors (Lipinski definition) is 1. The van der Waals surface area contributed by atoms with Crippen LogP contribution in [0.4, 0.5) is 4.39 Å². The van der Waals surface area contributed by atoms with Gasteiger partial charge in [0.1, 0.15) is 5.82 Å². The Morgan fingerprint density at radius 3 is 2.76 bits per heavy atom. The van der Waals surface area contributed by atoms with E-state index in [0.717, 1.165) is 9.77 Å². The molecular formula is C12H12FNOS2. The highest BCUT2D eigenvalue weighted by atomic mass is 32.2. The van der Waals surface area contributed by atoms with Crippen LogP contribution < -0.4 is 5.73 Å². The second kappa shape index (κ2) is 5.53. The highest BCUT2D eigenvalue weighted by Crippen LogP contribution is 2.19. The predicted molar refractivity (Wildman–Crippen MR) is 68.7 cm³/mol. The first-order valence-corrected chi connectivity index (χ1v) is 7.30. The molecule has 0 aliphatic carbocycles. The average Bonchev–Trinajstić information content (AvgIpc) is 2.85. The topological polar surface area (TPSA) is 43.1 Å². The van der Waals surface area contributed by atoms with Gasteiger partial charge in [0.15, 0.2) is 0 Å². The number of benzene rings is 1. The van der Waals surface area contributed by atoms with Crippen LogP contribution in [0.1, 0.15) is 11.1 Å². The summed E-state index contributed by atoms with van der Waals surface area (Å²) in [6.45, 7) is 0.311. The van der Waals surface area contributed by atoms with E-state index in [2.05, 4.69) is 0 Å². The Labute approximate surface area is 106 Å². The second-order valence-electron chi connectivity index (χ2n) is 3.55. The summed E-state index contributed by atoms with van der Waals surface area (Å²) in [6, 6.07) is 8.47. The van der Waals surface area contributed by atoms with Crippen LogP contribution >= 0.6 is 11.3 Å². The van der Waals surface area contributed by atoms with Crippen molar-refractivity contribution in [3.05, 3.63) is 52.7 Å². The first-order valence-electron chi connectivity index (χ1n) is 5.10. The molecule has 2 aromatic rings. The van der Waals surface area contributed by atoms with Gasteiger partial charge in [0.05, 0.1) is 20.8 Å². The average molecular weight is 269 g/mol. The van der Waals surface area contributed by atoms with Gasteiger partial charge in [0.2, 0.25) is 0 Å². The lowest BCUT2D eigenvalue weighted by Gasteiger charge is -2.04. The predicted octanol–water partition coefficient (Wildman–Crippen LogP) is 2.65. The Morgan fingerprint density at radius 2 is 2.18 bits per heavy atom. The molecule has 2 rings (SSSR count). The van der Waals surface area contributed by atoms with Gasteiger partial charge in [-0.3, -0.25) is 4.21 Å². The summed E-state index contributed by atoms with van der Waals surface area (Å²) in [5.74, 6) is -0.130. The van der Waals surface area contributed by atoms with Crippen LogP contribution in [0.2, 0.25) is 0 Å². The SMILES string of the molecule is NCc1ccc(CS(=O)c2cccs2)c(F)c1. The van der Waals surface area contributed by atoms with E-state index < -0.39 is 10.8 Å². The van der Waals surface area contributed by atoms with E-state index in [1.165, 1.54) is 17.4 Å². The Kier molecular flexibility index (Phi) is 4.04. The summed E-state index contributed by atoms with van der Waals surface area (Å²) in [7, 11) is -1.17. The third-order valence-electron chi connectivity index (χ3n) is 2.36. The maximum atomic E-state index is 13.7. The van der Waals surface area contributed by atoms with E-state index in [-0.39, 0.29) is 11.6 Å². The minimum atomic E-state index is -1.17. The molecule has 0 spiro atoms. The maximum absolute atomic E-state index is 13.7. The summed E-state index contributed by atoms with van der Waals surface area (Å²) < 4.78 is 26.3. The molecule has 1 aromatic heterocycles. The molecular weight excluding hydrogens is 257 g/mol. The molecule has 1 atom stereocenters. The van der Waals surface area contributed by atoms with Crippen molar-refractivity contribution >= 4 is 22.1 Å². The van der Waals surface area contributed by atoms with Crippen LogP contribution in [0.3, 0.4) is 0 Å². The molecule has 0 aliphatic rings. The lowest BCUT2D eigenvalue weighted by atomic mass is 10.1. The van der Waals surface area contributed by atoms with Crippen molar-refractivity contribution in [2.75, 3.05) is 0 Å². The summed E-state index contributed by atoms with van der Waals surface area (Å²) in [6.07, 6.45) is 0. The third-order valence-corrected chi connectivity index (χ3v) is 5.03. The fraction of sp³-hybridized carbons (Fsp3) is 0.167. The van der Waals surface area contributed by atoms with Crippen molar-refractivity contribution in [1.82, 2.24) is 0 Å². The zero-order valence-corrected chi connectivity index (χ0v) is 10.7. The van der Waals surface area contributed by atoms with Crippen molar-refractivity contribution < 1.29 is 8.60 Å². The van der Waals surface area contributed by atoms with E-state index in [0.29, 0.717) is 12.1 Å².